The zero-order valence-corrected chi connectivity index (χ0v) is 63.3. The number of para-hydroxylation sites is 8. The molecule has 570 valence electrons. The number of carboxylic acid groups (broad SMARTS) is 1. The molecule has 12 aromatic carbocycles. The number of hydrogen-bond acceptors (Lipinski definition) is 16. The number of fused-ring (bicyclic) bond motifs is 4. The molecule has 0 aliphatic heterocycles. The molecule has 0 saturated heterocycles. The topological polar surface area (TPSA) is 246 Å². The molecule has 0 bridgehead atoms. The average Bonchev–Trinajstić information content (AvgIpc) is 1.69. The molecule has 0 unspecified atom stereocenters. The predicted octanol–water partition coefficient (Wildman–Crippen LogP) is 18.4. The fraction of sp³-hybridized carbons (Fsp3) is 0.0870. The van der Waals surface area contributed by atoms with Crippen molar-refractivity contribution in [1.29, 1.82) is 0 Å². The predicted molar refractivity (Wildman–Crippen MR) is 452 cm³/mol. The second-order valence-electron chi connectivity index (χ2n) is 26.5. The second kappa shape index (κ2) is 35.4. The Labute approximate surface area is 662 Å². The van der Waals surface area contributed by atoms with Gasteiger partial charge >= 0.3 is 11.9 Å². The number of methoxy groups -OCH3 is 4. The number of benzene rings is 12. The summed E-state index contributed by atoms with van der Waals surface area (Å²) < 4.78 is 33.1. The summed E-state index contributed by atoms with van der Waals surface area (Å²) in [5, 5.41) is 22.9. The van der Waals surface area contributed by atoms with Crippen LogP contribution in [0.25, 0.3) is 78.3 Å². The van der Waals surface area contributed by atoms with Crippen LogP contribution in [0, 0.1) is 0 Å². The third kappa shape index (κ3) is 17.7. The highest BCUT2D eigenvalue weighted by Gasteiger charge is 2.17. The molecule has 0 amide bonds. The van der Waals surface area contributed by atoms with E-state index in [-0.39, 0.29) is 5.56 Å². The van der Waals surface area contributed by atoms with E-state index in [1.54, 1.807) is 56.4 Å². The Balaban J connectivity index is 0.000000121. The second-order valence-corrected chi connectivity index (χ2v) is 26.5. The summed E-state index contributed by atoms with van der Waals surface area (Å²) in [6, 6.07) is 90.6. The van der Waals surface area contributed by atoms with Crippen molar-refractivity contribution >= 4 is 78.8 Å². The van der Waals surface area contributed by atoms with E-state index in [1.807, 2.05) is 174 Å². The zero-order valence-electron chi connectivity index (χ0n) is 63.3. The third-order valence-electron chi connectivity index (χ3n) is 19.2. The molecule has 6 heterocycles. The van der Waals surface area contributed by atoms with Gasteiger partial charge in [-0.05, 0) is 180 Å². The highest BCUT2D eigenvalue weighted by molar-refractivity contribution is 5.93. The number of rotatable bonds is 23. The molecular formula is C92H80N16O7. The van der Waals surface area contributed by atoms with Crippen LogP contribution < -0.4 is 35.5 Å². The molecule has 0 aliphatic rings. The lowest BCUT2D eigenvalue weighted by atomic mass is 10.1. The van der Waals surface area contributed by atoms with Crippen LogP contribution in [-0.2, 0) is 30.9 Å². The molecule has 0 radical (unpaired) electrons. The maximum Gasteiger partial charge on any atom is 0.341 e. The first-order chi connectivity index (χ1) is 56.5. The van der Waals surface area contributed by atoms with Gasteiger partial charge in [0.2, 0.25) is 0 Å². The molecule has 0 aliphatic carbocycles. The van der Waals surface area contributed by atoms with Crippen LogP contribution in [0.5, 0.6) is 17.2 Å². The SMILES string of the molecule is COC(=O)c1ccc(NCc2cccc(-n3cnc4ccccc43)c2)cc1OC.COc1cc(NCc2cccc(-n3cnc4ccccc43)c2)ccc1-n1ccnc1.COc1cc(NCc2cccc(-n3cnc4ccccc43)c2)ccc1C(=O)O.c1cc(CNc2ccc(-n3ccnc3)cc2)cc(-n2cnc3ccccc32)c1. The summed E-state index contributed by atoms with van der Waals surface area (Å²) >= 11 is 0. The van der Waals surface area contributed by atoms with Crippen molar-refractivity contribution in [2.24, 2.45) is 0 Å². The minimum Gasteiger partial charge on any atom is -0.496 e. The number of imidazole rings is 6. The fourth-order valence-corrected chi connectivity index (χ4v) is 13.4. The average molecular weight is 1520 g/mol. The zero-order chi connectivity index (χ0) is 78.8. The van der Waals surface area contributed by atoms with Gasteiger partial charge in [-0.25, -0.2) is 39.5 Å². The number of anilines is 4. The minimum atomic E-state index is -1.01. The van der Waals surface area contributed by atoms with Crippen LogP contribution >= 0.6 is 0 Å². The molecular weight excluding hydrogens is 1440 g/mol. The van der Waals surface area contributed by atoms with Gasteiger partial charge < -0.3 is 54.5 Å². The summed E-state index contributed by atoms with van der Waals surface area (Å²) in [5.74, 6) is 0.158. The van der Waals surface area contributed by atoms with E-state index in [4.69, 9.17) is 18.9 Å². The summed E-state index contributed by atoms with van der Waals surface area (Å²) in [6.45, 7) is 2.68. The number of aromatic carboxylic acids is 1. The Kier molecular flexibility index (Phi) is 23.1. The molecule has 23 nitrogen and oxygen atoms in total. The summed E-state index contributed by atoms with van der Waals surface area (Å²) in [6.07, 6.45) is 18.3. The number of esters is 1. The van der Waals surface area contributed by atoms with E-state index in [9.17, 15) is 14.7 Å². The van der Waals surface area contributed by atoms with Crippen molar-refractivity contribution in [2.45, 2.75) is 26.2 Å². The van der Waals surface area contributed by atoms with Gasteiger partial charge in [-0.3, -0.25) is 18.3 Å². The monoisotopic (exact) mass is 1520 g/mol. The third-order valence-corrected chi connectivity index (χ3v) is 19.2. The Morgan fingerprint density at radius 1 is 0.330 bits per heavy atom. The van der Waals surface area contributed by atoms with Crippen molar-refractivity contribution in [3.05, 3.63) is 369 Å². The van der Waals surface area contributed by atoms with Crippen LogP contribution in [0.3, 0.4) is 0 Å². The van der Waals surface area contributed by atoms with Gasteiger partial charge in [-0.2, -0.15) is 0 Å². The highest BCUT2D eigenvalue weighted by Crippen LogP contribution is 2.31. The van der Waals surface area contributed by atoms with Crippen LogP contribution in [-0.4, -0.2) is 103 Å². The number of hydrogen-bond donors (Lipinski definition) is 5. The van der Waals surface area contributed by atoms with Crippen molar-refractivity contribution < 1.29 is 33.6 Å². The van der Waals surface area contributed by atoms with Crippen molar-refractivity contribution in [3.63, 3.8) is 0 Å². The van der Waals surface area contributed by atoms with Gasteiger partial charge in [0.05, 0.1) is 90.9 Å². The first-order valence-electron chi connectivity index (χ1n) is 37.0. The van der Waals surface area contributed by atoms with Crippen LogP contribution in [0.4, 0.5) is 22.7 Å². The van der Waals surface area contributed by atoms with Gasteiger partial charge in [0.15, 0.2) is 0 Å². The molecule has 0 atom stereocenters. The number of nitrogens with zero attached hydrogens (tertiary/aromatic N) is 12. The molecule has 18 rings (SSSR count). The lowest BCUT2D eigenvalue weighted by Gasteiger charge is -2.13. The Morgan fingerprint density at radius 2 is 0.670 bits per heavy atom. The number of carbonyl (C=O) groups is 2. The molecule has 23 heteroatoms. The summed E-state index contributed by atoms with van der Waals surface area (Å²) in [5.41, 5.74) is 23.5. The van der Waals surface area contributed by atoms with E-state index >= 15 is 0 Å². The van der Waals surface area contributed by atoms with Crippen LogP contribution in [0.2, 0.25) is 0 Å². The maximum absolute atomic E-state index is 11.8. The molecule has 6 aromatic heterocycles. The molecule has 18 aromatic rings. The maximum atomic E-state index is 11.8. The smallest absolute Gasteiger partial charge is 0.341 e. The molecule has 115 heavy (non-hydrogen) atoms. The Morgan fingerprint density at radius 3 is 1.03 bits per heavy atom. The first-order valence-corrected chi connectivity index (χ1v) is 37.0. The largest absolute Gasteiger partial charge is 0.496 e. The standard InChI is InChI=1S/C24H21N5O.C23H19N5.C23H21N3O3.C22H19N3O3/c1-30-24-14-19(9-10-23(24)28-12-11-25-16-28)26-15-18-5-4-6-20(13-18)29-17-27-21-7-2-3-8-22(21)29;1-2-7-23-22(6-1)26-17-28(23)21-5-3-4-18(14-21)15-25-19-8-10-20(11-9-19)27-13-12-24-16-27;1-28-22-13-17(10-11-19(22)23(27)29-2)24-14-16-6-5-7-18(12-16)26-15-25-20-8-3-4-9-21(20)26;1-28-21-12-16(9-10-18(21)22(26)27)23-13-15-5-4-6-17(11-15)25-14-24-19-7-2-3-8-20(19)25/h2-14,16-17,26H,15H2,1H3;1-14,16-17,25H,15H2;3-13,15,24H,14H2,1-2H3;2-12,14,23H,13H2,1H3,(H,26,27). The number of carboxylic acids is 1. The Bertz CT molecular complexity index is 6350. The van der Waals surface area contributed by atoms with Crippen molar-refractivity contribution in [1.82, 2.24) is 57.3 Å². The van der Waals surface area contributed by atoms with E-state index < -0.39 is 11.9 Å². The van der Waals surface area contributed by atoms with E-state index in [2.05, 4.69) is 185 Å². The van der Waals surface area contributed by atoms with Gasteiger partial charge in [0.25, 0.3) is 0 Å². The normalized spacial score (nSPS) is 10.9. The van der Waals surface area contributed by atoms with Gasteiger partial charge in [0, 0.05) is 120 Å². The molecule has 0 saturated carbocycles. The highest BCUT2D eigenvalue weighted by atomic mass is 16.5. The first kappa shape index (κ1) is 74.9. The number of ether oxygens (including phenoxy) is 4. The van der Waals surface area contributed by atoms with E-state index in [1.165, 1.54) is 38.5 Å². The van der Waals surface area contributed by atoms with Crippen molar-refractivity contribution in [2.75, 3.05) is 49.7 Å². The van der Waals surface area contributed by atoms with Crippen LogP contribution in [0.15, 0.2) is 336 Å². The number of nitrogens with one attached hydrogen (secondary N) is 4. The molecule has 0 spiro atoms. The molecule has 0 fully saturated rings. The van der Waals surface area contributed by atoms with E-state index in [0.717, 1.165) is 124 Å². The summed E-state index contributed by atoms with van der Waals surface area (Å²) in [7, 11) is 6.03. The minimum absolute atomic E-state index is 0.141. The van der Waals surface area contributed by atoms with Gasteiger partial charge in [-0.15, -0.1) is 0 Å². The number of aromatic nitrogens is 12. The van der Waals surface area contributed by atoms with Crippen molar-refractivity contribution in [3.8, 4) is 51.4 Å². The van der Waals surface area contributed by atoms with Gasteiger partial charge in [0.1, 0.15) is 53.7 Å². The van der Waals surface area contributed by atoms with Gasteiger partial charge in [-0.1, -0.05) is 97.1 Å². The fourth-order valence-electron chi connectivity index (χ4n) is 13.4. The molecule has 5 N–H and O–H groups in total. The Hall–Kier alpha value is -15.5. The van der Waals surface area contributed by atoms with E-state index in [0.29, 0.717) is 36.7 Å². The van der Waals surface area contributed by atoms with Crippen LogP contribution in [0.1, 0.15) is 43.0 Å². The summed E-state index contributed by atoms with van der Waals surface area (Å²) in [4.78, 5) is 49.1. The lowest BCUT2D eigenvalue weighted by molar-refractivity contribution is 0.0596. The quantitative estimate of drug-likeness (QED) is 0.0374. The lowest BCUT2D eigenvalue weighted by Crippen LogP contribution is -2.06. The number of carbonyl (C=O) groups excluding carboxylic acids is 1.